The van der Waals surface area contributed by atoms with E-state index in [0.717, 1.165) is 0 Å². The third-order valence-electron chi connectivity index (χ3n) is 3.94. The van der Waals surface area contributed by atoms with Gasteiger partial charge in [-0.15, -0.1) is 0 Å². The standard InChI is InChI=1S/C12H21NO6/c1-18-10-5-2-7(6-14)19-11(10)12(16)13(17)8-3-4-9(8)15/h7-11,14-15,17H,2-6H2,1H3/t7?,8-,9-,10?,11?/m0/s1. The van der Waals surface area contributed by atoms with Crippen LogP contribution >= 0.6 is 0 Å². The zero-order valence-corrected chi connectivity index (χ0v) is 10.9. The molecule has 19 heavy (non-hydrogen) atoms. The van der Waals surface area contributed by atoms with Gasteiger partial charge in [0.1, 0.15) is 0 Å². The van der Waals surface area contributed by atoms with Gasteiger partial charge in [0, 0.05) is 7.11 Å². The molecule has 110 valence electrons. The molecule has 3 N–H and O–H groups in total. The van der Waals surface area contributed by atoms with E-state index in [2.05, 4.69) is 0 Å². The molecule has 1 aliphatic heterocycles. The lowest BCUT2D eigenvalue weighted by atomic mass is 9.88. The van der Waals surface area contributed by atoms with Gasteiger partial charge < -0.3 is 19.7 Å². The van der Waals surface area contributed by atoms with E-state index in [1.165, 1.54) is 7.11 Å². The van der Waals surface area contributed by atoms with Gasteiger partial charge in [-0.3, -0.25) is 10.0 Å². The summed E-state index contributed by atoms with van der Waals surface area (Å²) in [7, 11) is 1.48. The number of carbonyl (C=O) groups is 1. The molecular formula is C12H21NO6. The summed E-state index contributed by atoms with van der Waals surface area (Å²) in [4.78, 5) is 12.2. The monoisotopic (exact) mass is 275 g/mol. The molecule has 3 unspecified atom stereocenters. The second-order valence-corrected chi connectivity index (χ2v) is 5.11. The lowest BCUT2D eigenvalue weighted by molar-refractivity contribution is -0.224. The van der Waals surface area contributed by atoms with Crippen molar-refractivity contribution in [1.82, 2.24) is 5.06 Å². The predicted molar refractivity (Wildman–Crippen MR) is 63.4 cm³/mol. The number of amides is 1. The van der Waals surface area contributed by atoms with E-state index in [-0.39, 0.29) is 6.61 Å². The van der Waals surface area contributed by atoms with Gasteiger partial charge in [0.15, 0.2) is 6.10 Å². The van der Waals surface area contributed by atoms with Gasteiger partial charge >= 0.3 is 0 Å². The molecule has 0 bridgehead atoms. The Morgan fingerprint density at radius 3 is 2.58 bits per heavy atom. The molecule has 0 aromatic carbocycles. The highest BCUT2D eigenvalue weighted by Gasteiger charge is 2.43. The molecule has 5 atom stereocenters. The molecule has 0 aromatic heterocycles. The third kappa shape index (κ3) is 2.90. The molecule has 0 aromatic rings. The smallest absolute Gasteiger partial charge is 0.278 e. The Bertz CT molecular complexity index is 325. The van der Waals surface area contributed by atoms with Crippen molar-refractivity contribution in [2.45, 2.75) is 56.1 Å². The van der Waals surface area contributed by atoms with E-state index in [4.69, 9.17) is 14.6 Å². The number of hydrogen-bond donors (Lipinski definition) is 3. The van der Waals surface area contributed by atoms with Gasteiger partial charge in [-0.05, 0) is 25.7 Å². The summed E-state index contributed by atoms with van der Waals surface area (Å²) in [6.45, 7) is -0.169. The van der Waals surface area contributed by atoms with Gasteiger partial charge in [-0.25, -0.2) is 5.06 Å². The lowest BCUT2D eigenvalue weighted by Crippen LogP contribution is -2.58. The molecule has 7 heteroatoms. The Balaban J connectivity index is 2.01. The highest BCUT2D eigenvalue weighted by molar-refractivity contribution is 5.81. The molecule has 0 radical (unpaired) electrons. The predicted octanol–water partition coefficient (Wildman–Crippen LogP) is -0.718. The first-order valence-corrected chi connectivity index (χ1v) is 6.57. The molecule has 1 heterocycles. The van der Waals surface area contributed by atoms with Crippen molar-refractivity contribution in [2.24, 2.45) is 0 Å². The van der Waals surface area contributed by atoms with Crippen LogP contribution in [0.25, 0.3) is 0 Å². The maximum Gasteiger partial charge on any atom is 0.278 e. The largest absolute Gasteiger partial charge is 0.394 e. The zero-order chi connectivity index (χ0) is 14.0. The highest BCUT2D eigenvalue weighted by atomic mass is 16.6. The Morgan fingerprint density at radius 1 is 1.37 bits per heavy atom. The van der Waals surface area contributed by atoms with Crippen LogP contribution in [0.5, 0.6) is 0 Å². The van der Waals surface area contributed by atoms with Gasteiger partial charge in [0.25, 0.3) is 5.91 Å². The molecule has 1 aliphatic carbocycles. The summed E-state index contributed by atoms with van der Waals surface area (Å²) in [5.74, 6) is -0.617. The summed E-state index contributed by atoms with van der Waals surface area (Å²) >= 11 is 0. The maximum atomic E-state index is 12.2. The van der Waals surface area contributed by atoms with Crippen LogP contribution in [-0.4, -0.2) is 70.6 Å². The van der Waals surface area contributed by atoms with Crippen LogP contribution in [0.2, 0.25) is 0 Å². The van der Waals surface area contributed by atoms with E-state index < -0.39 is 36.4 Å². The maximum absolute atomic E-state index is 12.2. The van der Waals surface area contributed by atoms with E-state index in [9.17, 15) is 15.1 Å². The lowest BCUT2D eigenvalue weighted by Gasteiger charge is -2.41. The van der Waals surface area contributed by atoms with Crippen LogP contribution < -0.4 is 0 Å². The second-order valence-electron chi connectivity index (χ2n) is 5.11. The Hall–Kier alpha value is -0.730. The van der Waals surface area contributed by atoms with Crippen LogP contribution in [0.4, 0.5) is 0 Å². The summed E-state index contributed by atoms with van der Waals surface area (Å²) in [5, 5.41) is 29.0. The minimum atomic E-state index is -0.936. The topological polar surface area (TPSA) is 99.5 Å². The highest BCUT2D eigenvalue weighted by Crippen LogP contribution is 2.28. The van der Waals surface area contributed by atoms with Gasteiger partial charge in [-0.2, -0.15) is 0 Å². The van der Waals surface area contributed by atoms with Crippen molar-refractivity contribution in [3.05, 3.63) is 0 Å². The van der Waals surface area contributed by atoms with Gasteiger partial charge in [-0.1, -0.05) is 0 Å². The van der Waals surface area contributed by atoms with Crippen LogP contribution in [0.3, 0.4) is 0 Å². The van der Waals surface area contributed by atoms with Crippen molar-refractivity contribution < 1.29 is 29.7 Å². The number of hydroxylamine groups is 2. The van der Waals surface area contributed by atoms with Crippen LogP contribution in [-0.2, 0) is 14.3 Å². The summed E-state index contributed by atoms with van der Waals surface area (Å²) in [6, 6.07) is -0.567. The van der Waals surface area contributed by atoms with E-state index >= 15 is 0 Å². The second kappa shape index (κ2) is 6.15. The normalized spacial score (nSPS) is 38.6. The van der Waals surface area contributed by atoms with Crippen molar-refractivity contribution in [3.63, 3.8) is 0 Å². The zero-order valence-electron chi connectivity index (χ0n) is 10.9. The van der Waals surface area contributed by atoms with Crippen molar-refractivity contribution >= 4 is 5.91 Å². The number of nitrogens with zero attached hydrogens (tertiary/aromatic N) is 1. The molecule has 1 amide bonds. The average Bonchev–Trinajstić information content (AvgIpc) is 2.43. The molecule has 0 spiro atoms. The summed E-state index contributed by atoms with van der Waals surface area (Å²) in [6.07, 6.45) is -0.150. The number of rotatable bonds is 4. The number of methoxy groups -OCH3 is 1. The number of hydrogen-bond acceptors (Lipinski definition) is 6. The quantitative estimate of drug-likeness (QED) is 0.463. The Morgan fingerprint density at radius 2 is 2.11 bits per heavy atom. The fraction of sp³-hybridized carbons (Fsp3) is 0.917. The molecule has 2 rings (SSSR count). The number of carbonyl (C=O) groups excluding carboxylic acids is 1. The number of ether oxygens (including phenoxy) is 2. The SMILES string of the molecule is COC1CCC(CO)OC1C(=O)N(O)[C@H]1CC[C@@H]1O. The van der Waals surface area contributed by atoms with Crippen LogP contribution in [0, 0.1) is 0 Å². The van der Waals surface area contributed by atoms with Crippen molar-refractivity contribution in [1.29, 1.82) is 0 Å². The fourth-order valence-corrected chi connectivity index (χ4v) is 2.50. The number of aliphatic hydroxyl groups is 2. The van der Waals surface area contributed by atoms with E-state index in [0.29, 0.717) is 30.7 Å². The van der Waals surface area contributed by atoms with Gasteiger partial charge in [0.2, 0.25) is 0 Å². The first-order valence-electron chi connectivity index (χ1n) is 6.57. The summed E-state index contributed by atoms with van der Waals surface area (Å²) in [5.41, 5.74) is 0. The minimum Gasteiger partial charge on any atom is -0.394 e. The van der Waals surface area contributed by atoms with Crippen LogP contribution in [0.1, 0.15) is 25.7 Å². The molecule has 2 aliphatic rings. The first kappa shape index (κ1) is 14.7. The van der Waals surface area contributed by atoms with Gasteiger partial charge in [0.05, 0.1) is 31.0 Å². The minimum absolute atomic E-state index is 0.169. The summed E-state index contributed by atoms with van der Waals surface area (Å²) < 4.78 is 10.7. The fourth-order valence-electron chi connectivity index (χ4n) is 2.50. The molecule has 1 saturated heterocycles. The Labute approximate surface area is 111 Å². The van der Waals surface area contributed by atoms with Crippen molar-refractivity contribution in [2.75, 3.05) is 13.7 Å². The van der Waals surface area contributed by atoms with E-state index in [1.807, 2.05) is 0 Å². The third-order valence-corrected chi connectivity index (χ3v) is 3.94. The average molecular weight is 275 g/mol. The molecule has 1 saturated carbocycles. The molecule has 2 fully saturated rings. The van der Waals surface area contributed by atoms with E-state index in [1.54, 1.807) is 0 Å². The molecular weight excluding hydrogens is 254 g/mol. The number of aliphatic hydroxyl groups excluding tert-OH is 2. The van der Waals surface area contributed by atoms with Crippen LogP contribution in [0.15, 0.2) is 0 Å². The molecule has 7 nitrogen and oxygen atoms in total. The van der Waals surface area contributed by atoms with Crippen molar-refractivity contribution in [3.8, 4) is 0 Å². The first-order chi connectivity index (χ1) is 9.08. The Kier molecular flexibility index (Phi) is 4.75.